The van der Waals surface area contributed by atoms with E-state index in [2.05, 4.69) is 29.8 Å². The molecule has 0 aromatic heterocycles. The number of amides is 2. The van der Waals surface area contributed by atoms with Crippen molar-refractivity contribution in [2.75, 3.05) is 51.6 Å². The fraction of sp³-hybridized carbons (Fsp3) is 0.556. The number of quaternary nitrogens is 1. The number of hydrogen-bond acceptors (Lipinski definition) is 3. The molecule has 24 heavy (non-hydrogen) atoms. The van der Waals surface area contributed by atoms with E-state index in [4.69, 9.17) is 0 Å². The van der Waals surface area contributed by atoms with E-state index in [0.717, 1.165) is 49.2 Å². The quantitative estimate of drug-likeness (QED) is 0.308. The van der Waals surface area contributed by atoms with Crippen molar-refractivity contribution in [3.63, 3.8) is 0 Å². The molecule has 1 aromatic carbocycles. The Kier molecular flexibility index (Phi) is 8.86. The summed E-state index contributed by atoms with van der Waals surface area (Å²) in [6.07, 6.45) is 1.69. The highest BCUT2D eigenvalue weighted by Crippen LogP contribution is 2.09. The average Bonchev–Trinajstić information content (AvgIpc) is 2.63. The summed E-state index contributed by atoms with van der Waals surface area (Å²) in [4.78, 5) is 22.5. The molecule has 0 aliphatic rings. The van der Waals surface area contributed by atoms with Gasteiger partial charge >= 0.3 is 0 Å². The molecule has 0 aliphatic carbocycles. The zero-order valence-corrected chi connectivity index (χ0v) is 15.1. The van der Waals surface area contributed by atoms with E-state index in [9.17, 15) is 9.59 Å². The van der Waals surface area contributed by atoms with Crippen molar-refractivity contribution >= 4 is 18.0 Å². The second-order valence-corrected chi connectivity index (χ2v) is 5.93. The van der Waals surface area contributed by atoms with Crippen LogP contribution in [0.3, 0.4) is 0 Å². The van der Waals surface area contributed by atoms with Gasteiger partial charge in [-0.1, -0.05) is 0 Å². The second kappa shape index (κ2) is 10.6. The van der Waals surface area contributed by atoms with Crippen LogP contribution in [-0.2, 0) is 4.79 Å². The van der Waals surface area contributed by atoms with Crippen LogP contribution >= 0.6 is 0 Å². The van der Waals surface area contributed by atoms with E-state index >= 15 is 0 Å². The normalized spacial score (nSPS) is 11.0. The molecule has 0 aliphatic heterocycles. The maximum absolute atomic E-state index is 12.2. The Hall–Kier alpha value is -2.08. The highest BCUT2D eigenvalue weighted by molar-refractivity contribution is 5.94. The lowest BCUT2D eigenvalue weighted by molar-refractivity contribution is -0.923. The van der Waals surface area contributed by atoms with E-state index in [-0.39, 0.29) is 5.91 Å². The topological polar surface area (TPSA) is 70.2 Å². The first-order chi connectivity index (χ1) is 11.6. The molecule has 0 unspecified atom stereocenters. The number of rotatable bonds is 12. The molecule has 0 bridgehead atoms. The van der Waals surface area contributed by atoms with Crippen LogP contribution in [-0.4, -0.2) is 63.1 Å². The van der Waals surface area contributed by atoms with Gasteiger partial charge in [0.05, 0.1) is 32.7 Å². The number of nitrogens with one attached hydrogen (secondary N) is 3. The standard InChI is InChI=1S/C18H30N4O2/c1-4-22(5-2,13-6-11-20-15-23)14-12-21-18(24)16-7-9-17(19-3)10-8-16/h7-10,15H,4-6,11-14H2,1-3H3,(H2-,19,20,21,23,24)/p+1. The highest BCUT2D eigenvalue weighted by Gasteiger charge is 2.22. The average molecular weight is 335 g/mol. The number of carbonyl (C=O) groups is 2. The third-order valence-electron chi connectivity index (χ3n) is 4.69. The van der Waals surface area contributed by atoms with Crippen molar-refractivity contribution in [1.82, 2.24) is 10.6 Å². The van der Waals surface area contributed by atoms with Crippen LogP contribution < -0.4 is 16.0 Å². The van der Waals surface area contributed by atoms with E-state index < -0.39 is 0 Å². The van der Waals surface area contributed by atoms with E-state index in [1.807, 2.05) is 31.3 Å². The molecule has 0 heterocycles. The molecule has 0 atom stereocenters. The first-order valence-electron chi connectivity index (χ1n) is 8.69. The maximum Gasteiger partial charge on any atom is 0.251 e. The van der Waals surface area contributed by atoms with Gasteiger partial charge in [0.2, 0.25) is 6.41 Å². The lowest BCUT2D eigenvalue weighted by Crippen LogP contribution is -2.52. The Morgan fingerprint density at radius 2 is 1.75 bits per heavy atom. The Bertz CT molecular complexity index is 498. The van der Waals surface area contributed by atoms with Gasteiger partial charge in [0.25, 0.3) is 5.91 Å². The maximum atomic E-state index is 12.2. The molecule has 6 heteroatoms. The van der Waals surface area contributed by atoms with E-state index in [1.165, 1.54) is 0 Å². The molecule has 1 aromatic rings. The summed E-state index contributed by atoms with van der Waals surface area (Å²) in [5.41, 5.74) is 1.67. The van der Waals surface area contributed by atoms with Gasteiger partial charge in [0.15, 0.2) is 0 Å². The van der Waals surface area contributed by atoms with Gasteiger partial charge in [-0.15, -0.1) is 0 Å². The van der Waals surface area contributed by atoms with Crippen LogP contribution in [0.2, 0.25) is 0 Å². The van der Waals surface area contributed by atoms with Gasteiger partial charge in [-0.2, -0.15) is 0 Å². The summed E-state index contributed by atoms with van der Waals surface area (Å²) in [7, 11) is 1.85. The van der Waals surface area contributed by atoms with Crippen molar-refractivity contribution in [1.29, 1.82) is 0 Å². The van der Waals surface area contributed by atoms with Crippen LogP contribution in [0, 0.1) is 0 Å². The molecule has 3 N–H and O–H groups in total. The molecule has 134 valence electrons. The van der Waals surface area contributed by atoms with E-state index in [0.29, 0.717) is 18.7 Å². The SMILES string of the molecule is CC[N+](CC)(CCCNC=O)CCNC(=O)c1ccc(NC)cc1. The van der Waals surface area contributed by atoms with Crippen LogP contribution in [0.1, 0.15) is 30.6 Å². The number of anilines is 1. The minimum absolute atomic E-state index is 0.0365. The Morgan fingerprint density at radius 1 is 1.08 bits per heavy atom. The van der Waals surface area contributed by atoms with Crippen LogP contribution in [0.4, 0.5) is 5.69 Å². The van der Waals surface area contributed by atoms with Crippen molar-refractivity contribution in [3.05, 3.63) is 29.8 Å². The fourth-order valence-electron chi connectivity index (χ4n) is 2.84. The number of likely N-dealkylation sites (N-methyl/N-ethyl adjacent to an activating group) is 1. The predicted molar refractivity (Wildman–Crippen MR) is 98.1 cm³/mol. The van der Waals surface area contributed by atoms with Crippen molar-refractivity contribution < 1.29 is 14.1 Å². The largest absolute Gasteiger partial charge is 0.388 e. The minimum Gasteiger partial charge on any atom is -0.388 e. The van der Waals surface area contributed by atoms with Gasteiger partial charge in [0, 0.05) is 31.3 Å². The summed E-state index contributed by atoms with van der Waals surface area (Å²) in [5.74, 6) is -0.0365. The minimum atomic E-state index is -0.0365. The summed E-state index contributed by atoms with van der Waals surface area (Å²) in [5, 5.41) is 8.76. The zero-order chi connectivity index (χ0) is 17.8. The number of nitrogens with zero attached hydrogens (tertiary/aromatic N) is 1. The van der Waals surface area contributed by atoms with Gasteiger partial charge in [-0.05, 0) is 38.1 Å². The fourth-order valence-corrected chi connectivity index (χ4v) is 2.84. The first-order valence-corrected chi connectivity index (χ1v) is 8.69. The summed E-state index contributed by atoms with van der Waals surface area (Å²) < 4.78 is 0.944. The van der Waals surface area contributed by atoms with Crippen LogP contribution in [0.15, 0.2) is 24.3 Å². The number of hydrogen-bond donors (Lipinski definition) is 3. The van der Waals surface area contributed by atoms with Gasteiger partial charge in [-0.3, -0.25) is 9.59 Å². The van der Waals surface area contributed by atoms with Gasteiger partial charge < -0.3 is 20.4 Å². The van der Waals surface area contributed by atoms with Crippen molar-refractivity contribution in [3.8, 4) is 0 Å². The molecule has 1 rings (SSSR count). The van der Waals surface area contributed by atoms with Crippen molar-refractivity contribution in [2.45, 2.75) is 20.3 Å². The molecular formula is C18H31N4O2+. The molecule has 2 amide bonds. The molecule has 0 fully saturated rings. The smallest absolute Gasteiger partial charge is 0.251 e. The molecule has 0 saturated heterocycles. The van der Waals surface area contributed by atoms with Crippen LogP contribution in [0.5, 0.6) is 0 Å². The van der Waals surface area contributed by atoms with Crippen molar-refractivity contribution in [2.24, 2.45) is 0 Å². The molecule has 0 saturated carbocycles. The molecule has 0 spiro atoms. The highest BCUT2D eigenvalue weighted by atomic mass is 16.1. The predicted octanol–water partition coefficient (Wildman–Crippen LogP) is 1.45. The number of benzene rings is 1. The molecule has 0 radical (unpaired) electrons. The summed E-state index contributed by atoms with van der Waals surface area (Å²) >= 11 is 0. The third kappa shape index (κ3) is 6.20. The second-order valence-electron chi connectivity index (χ2n) is 5.93. The van der Waals surface area contributed by atoms with Gasteiger partial charge in [-0.25, -0.2) is 0 Å². The summed E-state index contributed by atoms with van der Waals surface area (Å²) in [6, 6.07) is 7.45. The lowest BCUT2D eigenvalue weighted by Gasteiger charge is -2.37. The van der Waals surface area contributed by atoms with E-state index in [1.54, 1.807) is 0 Å². The third-order valence-corrected chi connectivity index (χ3v) is 4.69. The Labute approximate surface area is 145 Å². The Morgan fingerprint density at radius 3 is 2.29 bits per heavy atom. The monoisotopic (exact) mass is 335 g/mol. The first kappa shape index (κ1) is 20.0. The molecular weight excluding hydrogens is 304 g/mol. The van der Waals surface area contributed by atoms with Crippen LogP contribution in [0.25, 0.3) is 0 Å². The Balaban J connectivity index is 2.47. The zero-order valence-electron chi connectivity index (χ0n) is 15.1. The number of carbonyl (C=O) groups excluding carboxylic acids is 2. The lowest BCUT2D eigenvalue weighted by atomic mass is 10.2. The molecule has 6 nitrogen and oxygen atoms in total. The summed E-state index contributed by atoms with van der Waals surface area (Å²) in [6.45, 7) is 9.64. The van der Waals surface area contributed by atoms with Gasteiger partial charge in [0.1, 0.15) is 0 Å².